The maximum Gasteiger partial charge on any atom is 0.175 e. The molecule has 0 heterocycles. The van der Waals surface area contributed by atoms with Gasteiger partial charge in [0.1, 0.15) is 5.75 Å². The molecule has 1 aliphatic carbocycles. The van der Waals surface area contributed by atoms with E-state index in [2.05, 4.69) is 6.07 Å². The van der Waals surface area contributed by atoms with Crippen LogP contribution in [-0.4, -0.2) is 31.5 Å². The van der Waals surface area contributed by atoms with Crippen molar-refractivity contribution in [2.45, 2.75) is 49.8 Å². The second-order valence-electron chi connectivity index (χ2n) is 7.45. The summed E-state index contributed by atoms with van der Waals surface area (Å²) in [4.78, 5) is 0.318. The topological polar surface area (TPSA) is 74.6 Å². The number of aromatic hydroxyl groups is 1. The van der Waals surface area contributed by atoms with Crippen molar-refractivity contribution in [3.63, 3.8) is 0 Å². The van der Waals surface area contributed by atoms with E-state index < -0.39 is 9.84 Å². The van der Waals surface area contributed by atoms with E-state index >= 15 is 0 Å². The van der Waals surface area contributed by atoms with E-state index in [0.717, 1.165) is 61.6 Å². The molecule has 0 aromatic heterocycles. The Balaban J connectivity index is 2.07. The number of aryl methyl sites for hydroxylation is 1. The number of rotatable bonds is 7. The SMILES string of the molecule is CS(=O)(=O)c1ccc(C2=C(CCCCCO)c3c(O)cccc3CCC2)cc1. The highest BCUT2D eigenvalue weighted by molar-refractivity contribution is 7.90. The Kier molecular flexibility index (Phi) is 6.57. The number of hydrogen-bond acceptors (Lipinski definition) is 4. The van der Waals surface area contributed by atoms with Crippen molar-refractivity contribution in [3.8, 4) is 5.75 Å². The lowest BCUT2D eigenvalue weighted by Crippen LogP contribution is -1.98. The maximum absolute atomic E-state index is 11.8. The Labute approximate surface area is 167 Å². The number of aliphatic hydroxyl groups is 1. The summed E-state index contributed by atoms with van der Waals surface area (Å²) in [5.41, 5.74) is 5.45. The van der Waals surface area contributed by atoms with E-state index in [0.29, 0.717) is 10.6 Å². The van der Waals surface area contributed by atoms with Crippen molar-refractivity contribution >= 4 is 21.0 Å². The molecule has 0 saturated carbocycles. The molecule has 28 heavy (non-hydrogen) atoms. The minimum absolute atomic E-state index is 0.195. The number of phenols is 1. The fourth-order valence-electron chi connectivity index (χ4n) is 3.99. The van der Waals surface area contributed by atoms with Gasteiger partial charge in [0.05, 0.1) is 4.90 Å². The molecule has 2 N–H and O–H groups in total. The number of allylic oxidation sites excluding steroid dienone is 2. The lowest BCUT2D eigenvalue weighted by Gasteiger charge is -2.17. The molecular formula is C23H28O4S. The molecule has 0 unspecified atom stereocenters. The largest absolute Gasteiger partial charge is 0.507 e. The van der Waals surface area contributed by atoms with Gasteiger partial charge in [0.2, 0.25) is 0 Å². The van der Waals surface area contributed by atoms with Gasteiger partial charge in [0.25, 0.3) is 0 Å². The van der Waals surface area contributed by atoms with Crippen LogP contribution in [0, 0.1) is 0 Å². The first-order chi connectivity index (χ1) is 13.4. The van der Waals surface area contributed by atoms with Gasteiger partial charge < -0.3 is 10.2 Å². The Morgan fingerprint density at radius 3 is 2.39 bits per heavy atom. The number of benzene rings is 2. The highest BCUT2D eigenvalue weighted by atomic mass is 32.2. The molecule has 3 rings (SSSR count). The standard InChI is InChI=1S/C23H28O4S/c1-28(26,27)19-14-12-17(13-15-19)20-10-5-7-18-8-6-11-22(25)23(18)21(20)9-3-2-4-16-24/h6,8,11-15,24-25H,2-5,7,9-10,16H2,1H3. The molecule has 0 bridgehead atoms. The third-order valence-electron chi connectivity index (χ3n) is 5.38. The van der Waals surface area contributed by atoms with E-state index in [4.69, 9.17) is 5.11 Å². The predicted molar refractivity (Wildman–Crippen MR) is 113 cm³/mol. The van der Waals surface area contributed by atoms with Crippen molar-refractivity contribution in [2.75, 3.05) is 12.9 Å². The molecular weight excluding hydrogens is 372 g/mol. The average molecular weight is 401 g/mol. The van der Waals surface area contributed by atoms with Gasteiger partial charge in [-0.3, -0.25) is 0 Å². The third-order valence-corrected chi connectivity index (χ3v) is 6.51. The summed E-state index contributed by atoms with van der Waals surface area (Å²) in [5.74, 6) is 0.307. The Morgan fingerprint density at radius 2 is 1.71 bits per heavy atom. The molecule has 2 aromatic carbocycles. The first kappa shape index (κ1) is 20.6. The number of fused-ring (bicyclic) bond motifs is 1. The van der Waals surface area contributed by atoms with Crippen LogP contribution < -0.4 is 0 Å². The average Bonchev–Trinajstić information content (AvgIpc) is 2.85. The molecule has 0 saturated heterocycles. The second-order valence-corrected chi connectivity index (χ2v) is 9.47. The first-order valence-electron chi connectivity index (χ1n) is 9.86. The molecule has 150 valence electrons. The van der Waals surface area contributed by atoms with E-state index in [1.807, 2.05) is 18.2 Å². The van der Waals surface area contributed by atoms with Gasteiger partial charge in [0.15, 0.2) is 9.84 Å². The van der Waals surface area contributed by atoms with E-state index in [1.54, 1.807) is 18.2 Å². The van der Waals surface area contributed by atoms with Crippen LogP contribution in [0.15, 0.2) is 47.4 Å². The van der Waals surface area contributed by atoms with Gasteiger partial charge >= 0.3 is 0 Å². The van der Waals surface area contributed by atoms with E-state index in [9.17, 15) is 13.5 Å². The van der Waals surface area contributed by atoms with Crippen LogP contribution in [0.1, 0.15) is 55.2 Å². The minimum atomic E-state index is -3.23. The van der Waals surface area contributed by atoms with Crippen LogP contribution in [0.4, 0.5) is 0 Å². The fourth-order valence-corrected chi connectivity index (χ4v) is 4.62. The van der Waals surface area contributed by atoms with E-state index in [1.165, 1.54) is 17.4 Å². The summed E-state index contributed by atoms with van der Waals surface area (Å²) in [6.45, 7) is 0.195. The molecule has 0 spiro atoms. The summed E-state index contributed by atoms with van der Waals surface area (Å²) in [7, 11) is -3.23. The fraction of sp³-hybridized carbons (Fsp3) is 0.391. The normalized spacial score (nSPS) is 14.6. The second kappa shape index (κ2) is 8.93. The van der Waals surface area contributed by atoms with Gasteiger partial charge in [-0.25, -0.2) is 8.42 Å². The van der Waals surface area contributed by atoms with Crippen molar-refractivity contribution < 1.29 is 18.6 Å². The van der Waals surface area contributed by atoms with Gasteiger partial charge in [-0.2, -0.15) is 0 Å². The van der Waals surface area contributed by atoms with Gasteiger partial charge in [0, 0.05) is 18.4 Å². The number of sulfone groups is 1. The monoisotopic (exact) mass is 400 g/mol. The molecule has 2 aromatic rings. The number of unbranched alkanes of at least 4 members (excludes halogenated alkanes) is 2. The highest BCUT2D eigenvalue weighted by Crippen LogP contribution is 2.42. The minimum Gasteiger partial charge on any atom is -0.507 e. The van der Waals surface area contributed by atoms with Crippen LogP contribution in [0.25, 0.3) is 11.1 Å². The summed E-state index contributed by atoms with van der Waals surface area (Å²) in [5, 5.41) is 19.7. The van der Waals surface area contributed by atoms with Crippen molar-refractivity contribution in [1.82, 2.24) is 0 Å². The summed E-state index contributed by atoms with van der Waals surface area (Å²) >= 11 is 0. The van der Waals surface area contributed by atoms with Gasteiger partial charge in [-0.15, -0.1) is 0 Å². The van der Waals surface area contributed by atoms with Gasteiger partial charge in [-0.05, 0) is 79.0 Å². The zero-order chi connectivity index (χ0) is 20.1. The van der Waals surface area contributed by atoms with Crippen molar-refractivity contribution in [1.29, 1.82) is 0 Å². The number of hydrogen-bond donors (Lipinski definition) is 2. The smallest absolute Gasteiger partial charge is 0.175 e. The Bertz CT molecular complexity index is 957. The molecule has 1 aliphatic rings. The molecule has 0 aliphatic heterocycles. The van der Waals surface area contributed by atoms with Crippen LogP contribution in [0.3, 0.4) is 0 Å². The predicted octanol–water partition coefficient (Wildman–Crippen LogP) is 4.60. The molecule has 0 radical (unpaired) electrons. The molecule has 0 atom stereocenters. The number of aliphatic hydroxyl groups excluding tert-OH is 1. The van der Waals surface area contributed by atoms with Gasteiger partial charge in [-0.1, -0.05) is 30.7 Å². The van der Waals surface area contributed by atoms with Crippen molar-refractivity contribution in [3.05, 3.63) is 59.2 Å². The molecule has 4 nitrogen and oxygen atoms in total. The lowest BCUT2D eigenvalue weighted by molar-refractivity contribution is 0.283. The Hall–Kier alpha value is -2.11. The summed E-state index contributed by atoms with van der Waals surface area (Å²) in [6, 6.07) is 12.8. The van der Waals surface area contributed by atoms with Crippen LogP contribution in [0.2, 0.25) is 0 Å². The quantitative estimate of drug-likeness (QED) is 0.666. The Morgan fingerprint density at radius 1 is 0.964 bits per heavy atom. The van der Waals surface area contributed by atoms with E-state index in [-0.39, 0.29) is 6.61 Å². The molecule has 0 amide bonds. The van der Waals surface area contributed by atoms with Crippen LogP contribution in [-0.2, 0) is 16.3 Å². The van der Waals surface area contributed by atoms with Crippen LogP contribution in [0.5, 0.6) is 5.75 Å². The lowest BCUT2D eigenvalue weighted by atomic mass is 9.88. The summed E-state index contributed by atoms with van der Waals surface area (Å²) < 4.78 is 23.6. The number of phenolic OH excluding ortho intramolecular Hbond substituents is 1. The maximum atomic E-state index is 11.8. The zero-order valence-electron chi connectivity index (χ0n) is 16.3. The third kappa shape index (κ3) is 4.65. The summed E-state index contributed by atoms with van der Waals surface area (Å²) in [6.07, 6.45) is 7.48. The first-order valence-corrected chi connectivity index (χ1v) is 11.8. The molecule has 0 fully saturated rings. The van der Waals surface area contributed by atoms with Crippen molar-refractivity contribution in [2.24, 2.45) is 0 Å². The van der Waals surface area contributed by atoms with Crippen LogP contribution >= 0.6 is 0 Å². The highest BCUT2D eigenvalue weighted by Gasteiger charge is 2.21. The zero-order valence-corrected chi connectivity index (χ0v) is 17.1. The molecule has 5 heteroatoms.